The van der Waals surface area contributed by atoms with Gasteiger partial charge < -0.3 is 9.72 Å². The molecule has 0 bridgehead atoms. The maximum absolute atomic E-state index is 12.1. The molecule has 4 rings (SSSR count). The van der Waals surface area contributed by atoms with Gasteiger partial charge in [-0.05, 0) is 23.6 Å². The van der Waals surface area contributed by atoms with Gasteiger partial charge in [0.25, 0.3) is 5.69 Å². The summed E-state index contributed by atoms with van der Waals surface area (Å²) in [6.07, 6.45) is 0. The Bertz CT molecular complexity index is 1130. The molecule has 0 atom stereocenters. The van der Waals surface area contributed by atoms with Crippen molar-refractivity contribution in [2.24, 2.45) is 0 Å². The van der Waals surface area contributed by atoms with Gasteiger partial charge in [0.2, 0.25) is 0 Å². The summed E-state index contributed by atoms with van der Waals surface area (Å²) in [7, 11) is 0. The Morgan fingerprint density at radius 1 is 1.08 bits per heavy atom. The number of hydrogen-bond acceptors (Lipinski definition) is 5. The SMILES string of the molecule is O=C(OCc1nc2c(ccc3ccccc32)[nH]1)c1ccc([N+](=O)[O-])cc1. The Hall–Kier alpha value is -3.74. The standard InChI is InChI=1S/C19H13N3O4/c23-19(13-5-8-14(9-6-13)22(24)25)26-11-17-20-16-10-7-12-3-1-2-4-15(12)18(16)21-17/h1-10H,11H2,(H,20,21). The monoisotopic (exact) mass is 347 g/mol. The first-order valence-corrected chi connectivity index (χ1v) is 7.90. The summed E-state index contributed by atoms with van der Waals surface area (Å²) in [5, 5.41) is 12.8. The highest BCUT2D eigenvalue weighted by Gasteiger charge is 2.12. The van der Waals surface area contributed by atoms with E-state index in [9.17, 15) is 14.9 Å². The molecule has 0 spiro atoms. The third-order valence-corrected chi connectivity index (χ3v) is 4.08. The number of aromatic amines is 1. The topological polar surface area (TPSA) is 98.1 Å². The van der Waals surface area contributed by atoms with Gasteiger partial charge in [0.1, 0.15) is 12.4 Å². The molecule has 0 aliphatic rings. The molecule has 0 saturated heterocycles. The summed E-state index contributed by atoms with van der Waals surface area (Å²) in [5.41, 5.74) is 1.86. The molecule has 0 saturated carbocycles. The summed E-state index contributed by atoms with van der Waals surface area (Å²) in [6, 6.07) is 17.1. The molecule has 0 aliphatic carbocycles. The molecule has 0 amide bonds. The number of nitrogens with one attached hydrogen (secondary N) is 1. The number of non-ortho nitro benzene ring substituents is 1. The van der Waals surface area contributed by atoms with E-state index in [1.165, 1.54) is 24.3 Å². The van der Waals surface area contributed by atoms with Crippen LogP contribution in [-0.2, 0) is 11.3 Å². The molecule has 4 aromatic rings. The van der Waals surface area contributed by atoms with Gasteiger partial charge in [0.15, 0.2) is 0 Å². The van der Waals surface area contributed by atoms with Crippen molar-refractivity contribution >= 4 is 33.5 Å². The van der Waals surface area contributed by atoms with Gasteiger partial charge in [0.05, 0.1) is 21.5 Å². The summed E-state index contributed by atoms with van der Waals surface area (Å²) in [6.45, 7) is -0.0151. The zero-order chi connectivity index (χ0) is 18.1. The third-order valence-electron chi connectivity index (χ3n) is 4.08. The number of ether oxygens (including phenoxy) is 1. The van der Waals surface area contributed by atoms with E-state index >= 15 is 0 Å². The van der Waals surface area contributed by atoms with Crippen LogP contribution >= 0.6 is 0 Å². The van der Waals surface area contributed by atoms with Crippen LogP contribution in [0.2, 0.25) is 0 Å². The second-order valence-electron chi connectivity index (χ2n) is 5.75. The minimum absolute atomic E-state index is 0.0151. The molecule has 3 aromatic carbocycles. The number of rotatable bonds is 4. The molecular weight excluding hydrogens is 334 g/mol. The molecule has 1 N–H and O–H groups in total. The van der Waals surface area contributed by atoms with Crippen LogP contribution in [0.1, 0.15) is 16.2 Å². The number of fused-ring (bicyclic) bond motifs is 3. The van der Waals surface area contributed by atoms with Crippen molar-refractivity contribution in [3.05, 3.63) is 82.2 Å². The van der Waals surface area contributed by atoms with Gasteiger partial charge >= 0.3 is 5.97 Å². The van der Waals surface area contributed by atoms with Crippen LogP contribution in [0.15, 0.2) is 60.7 Å². The smallest absolute Gasteiger partial charge is 0.338 e. The fourth-order valence-corrected chi connectivity index (χ4v) is 2.80. The summed E-state index contributed by atoms with van der Waals surface area (Å²) in [5.74, 6) is -0.0307. The number of nitro benzene ring substituents is 1. The lowest BCUT2D eigenvalue weighted by atomic mass is 10.1. The summed E-state index contributed by atoms with van der Waals surface area (Å²) in [4.78, 5) is 29.9. The van der Waals surface area contributed by atoms with E-state index in [0.717, 1.165) is 21.8 Å². The van der Waals surface area contributed by atoms with Crippen molar-refractivity contribution in [1.82, 2.24) is 9.97 Å². The lowest BCUT2D eigenvalue weighted by Crippen LogP contribution is -2.06. The van der Waals surface area contributed by atoms with Crippen LogP contribution in [0, 0.1) is 10.1 Å². The average Bonchev–Trinajstić information content (AvgIpc) is 3.10. The van der Waals surface area contributed by atoms with Gasteiger partial charge in [-0.25, -0.2) is 9.78 Å². The van der Waals surface area contributed by atoms with E-state index in [1.807, 2.05) is 36.4 Å². The van der Waals surface area contributed by atoms with Gasteiger partial charge in [-0.1, -0.05) is 30.3 Å². The molecule has 7 heteroatoms. The quantitative estimate of drug-likeness (QED) is 0.342. The van der Waals surface area contributed by atoms with E-state index in [1.54, 1.807) is 0 Å². The minimum Gasteiger partial charge on any atom is -0.454 e. The number of benzene rings is 3. The molecular formula is C19H13N3O4. The lowest BCUT2D eigenvalue weighted by Gasteiger charge is -2.02. The third kappa shape index (κ3) is 2.86. The predicted octanol–water partition coefficient (Wildman–Crippen LogP) is 3.98. The highest BCUT2D eigenvalue weighted by Crippen LogP contribution is 2.23. The largest absolute Gasteiger partial charge is 0.454 e. The zero-order valence-electron chi connectivity index (χ0n) is 13.5. The highest BCUT2D eigenvalue weighted by molar-refractivity contribution is 6.04. The molecule has 1 aromatic heterocycles. The first kappa shape index (κ1) is 15.8. The first-order valence-electron chi connectivity index (χ1n) is 7.90. The number of nitro groups is 1. The van der Waals surface area contributed by atoms with E-state index in [0.29, 0.717) is 5.82 Å². The van der Waals surface area contributed by atoms with Gasteiger partial charge in [-0.15, -0.1) is 0 Å². The lowest BCUT2D eigenvalue weighted by molar-refractivity contribution is -0.384. The van der Waals surface area contributed by atoms with Crippen LogP contribution in [0.3, 0.4) is 0 Å². The second kappa shape index (κ2) is 6.29. The van der Waals surface area contributed by atoms with Crippen LogP contribution in [0.25, 0.3) is 21.8 Å². The van der Waals surface area contributed by atoms with Crippen LogP contribution in [-0.4, -0.2) is 20.9 Å². The number of nitrogens with zero attached hydrogens (tertiary/aromatic N) is 2. The molecule has 0 fully saturated rings. The normalized spacial score (nSPS) is 10.9. The van der Waals surface area contributed by atoms with Crippen molar-refractivity contribution in [1.29, 1.82) is 0 Å². The highest BCUT2D eigenvalue weighted by atomic mass is 16.6. The van der Waals surface area contributed by atoms with Crippen molar-refractivity contribution in [2.75, 3.05) is 0 Å². The van der Waals surface area contributed by atoms with Crippen LogP contribution in [0.5, 0.6) is 0 Å². The number of imidazole rings is 1. The Kier molecular flexibility index (Phi) is 3.81. The predicted molar refractivity (Wildman–Crippen MR) is 95.8 cm³/mol. The summed E-state index contributed by atoms with van der Waals surface area (Å²) < 4.78 is 5.25. The van der Waals surface area contributed by atoms with E-state index in [2.05, 4.69) is 9.97 Å². The number of carbonyl (C=O) groups excluding carboxylic acids is 1. The van der Waals surface area contributed by atoms with E-state index < -0.39 is 10.9 Å². The number of hydrogen-bond donors (Lipinski definition) is 1. The first-order chi connectivity index (χ1) is 12.6. The fourth-order valence-electron chi connectivity index (χ4n) is 2.80. The Morgan fingerprint density at radius 2 is 1.85 bits per heavy atom. The van der Waals surface area contributed by atoms with Crippen molar-refractivity contribution in [3.8, 4) is 0 Å². The molecule has 128 valence electrons. The van der Waals surface area contributed by atoms with Gasteiger partial charge in [-0.3, -0.25) is 10.1 Å². The van der Waals surface area contributed by atoms with Crippen molar-refractivity contribution < 1.29 is 14.5 Å². The Morgan fingerprint density at radius 3 is 2.62 bits per heavy atom. The molecule has 0 aliphatic heterocycles. The number of aromatic nitrogens is 2. The van der Waals surface area contributed by atoms with Crippen molar-refractivity contribution in [2.45, 2.75) is 6.61 Å². The number of carbonyl (C=O) groups is 1. The molecule has 0 radical (unpaired) electrons. The number of H-pyrrole nitrogens is 1. The van der Waals surface area contributed by atoms with Crippen LogP contribution in [0.4, 0.5) is 5.69 Å². The minimum atomic E-state index is -0.565. The van der Waals surface area contributed by atoms with Gasteiger partial charge in [-0.2, -0.15) is 0 Å². The number of esters is 1. The average molecular weight is 347 g/mol. The van der Waals surface area contributed by atoms with E-state index in [-0.39, 0.29) is 17.9 Å². The van der Waals surface area contributed by atoms with E-state index in [4.69, 9.17) is 4.74 Å². The van der Waals surface area contributed by atoms with Crippen molar-refractivity contribution in [3.63, 3.8) is 0 Å². The Labute approximate surface area is 147 Å². The maximum Gasteiger partial charge on any atom is 0.338 e. The van der Waals surface area contributed by atoms with Gasteiger partial charge in [0, 0.05) is 17.5 Å². The summed E-state index contributed by atoms with van der Waals surface area (Å²) >= 11 is 0. The maximum atomic E-state index is 12.1. The molecule has 1 heterocycles. The zero-order valence-corrected chi connectivity index (χ0v) is 13.5. The second-order valence-corrected chi connectivity index (χ2v) is 5.75. The van der Waals surface area contributed by atoms with Crippen LogP contribution < -0.4 is 0 Å². The molecule has 7 nitrogen and oxygen atoms in total. The molecule has 0 unspecified atom stereocenters. The Balaban J connectivity index is 1.53. The fraction of sp³-hybridized carbons (Fsp3) is 0.0526. The molecule has 26 heavy (non-hydrogen) atoms.